The average molecular weight is 242 g/mol. The highest BCUT2D eigenvalue weighted by Gasteiger charge is 2.34. The van der Waals surface area contributed by atoms with Crippen molar-refractivity contribution in [1.29, 1.82) is 0 Å². The van der Waals surface area contributed by atoms with Gasteiger partial charge < -0.3 is 4.74 Å². The summed E-state index contributed by atoms with van der Waals surface area (Å²) in [5, 5.41) is 10.3. The molecule has 0 saturated heterocycles. The first-order valence-corrected chi connectivity index (χ1v) is 3.87. The van der Waals surface area contributed by atoms with Gasteiger partial charge >= 0.3 is 12.0 Å². The van der Waals surface area contributed by atoms with E-state index in [1.807, 2.05) is 0 Å². The van der Waals surface area contributed by atoms with Crippen molar-refractivity contribution in [2.45, 2.75) is 6.36 Å². The molecule has 8 heteroatoms. The van der Waals surface area contributed by atoms with Crippen LogP contribution in [0.2, 0.25) is 5.02 Å². The van der Waals surface area contributed by atoms with Crippen molar-refractivity contribution in [2.24, 2.45) is 0 Å². The summed E-state index contributed by atoms with van der Waals surface area (Å²) in [5.41, 5.74) is -0.833. The fourth-order valence-electron chi connectivity index (χ4n) is 0.844. The topological polar surface area (TPSA) is 52.4 Å². The molecule has 0 aliphatic heterocycles. The number of hydrogen-bond acceptors (Lipinski definition) is 3. The van der Waals surface area contributed by atoms with Gasteiger partial charge in [-0.1, -0.05) is 11.6 Å². The molecule has 1 rings (SSSR count). The van der Waals surface area contributed by atoms with Crippen LogP contribution in [0.1, 0.15) is 0 Å². The third kappa shape index (κ3) is 3.28. The summed E-state index contributed by atoms with van der Waals surface area (Å²) in [7, 11) is 0. The number of alkyl halides is 3. The van der Waals surface area contributed by atoms with E-state index in [4.69, 9.17) is 11.6 Å². The Kier molecular flexibility index (Phi) is 3.04. The number of hydrogen-bond donors (Lipinski definition) is 0. The maximum absolute atomic E-state index is 11.8. The lowest BCUT2D eigenvalue weighted by molar-refractivity contribution is -0.388. The van der Waals surface area contributed by atoms with Gasteiger partial charge in [0, 0.05) is 11.1 Å². The molecule has 0 aromatic heterocycles. The molecule has 0 heterocycles. The Morgan fingerprint density at radius 2 is 2.00 bits per heavy atom. The van der Waals surface area contributed by atoms with Gasteiger partial charge in [0.05, 0.1) is 4.92 Å². The third-order valence-electron chi connectivity index (χ3n) is 1.34. The van der Waals surface area contributed by atoms with Crippen LogP contribution in [0.15, 0.2) is 18.2 Å². The van der Waals surface area contributed by atoms with Gasteiger partial charge in [0.25, 0.3) is 0 Å². The Bertz CT molecular complexity index is 394. The predicted molar refractivity (Wildman–Crippen MR) is 44.8 cm³/mol. The quantitative estimate of drug-likeness (QED) is 0.590. The first kappa shape index (κ1) is 11.6. The van der Waals surface area contributed by atoms with Crippen molar-refractivity contribution in [1.82, 2.24) is 0 Å². The molecule has 0 bridgehead atoms. The molecule has 4 nitrogen and oxygen atoms in total. The number of nitro groups is 1. The molecule has 0 saturated carbocycles. The summed E-state index contributed by atoms with van der Waals surface area (Å²) >= 11 is 5.39. The van der Waals surface area contributed by atoms with Gasteiger partial charge in [-0.05, 0) is 12.1 Å². The number of ether oxygens (including phenoxy) is 1. The second-order valence-electron chi connectivity index (χ2n) is 2.42. The number of benzene rings is 1. The predicted octanol–water partition coefficient (Wildman–Crippen LogP) is 3.15. The first-order valence-electron chi connectivity index (χ1n) is 3.49. The van der Waals surface area contributed by atoms with Gasteiger partial charge in [0.15, 0.2) is 0 Å². The average Bonchev–Trinajstić information content (AvgIpc) is 2.05. The van der Waals surface area contributed by atoms with E-state index in [9.17, 15) is 23.3 Å². The zero-order valence-electron chi connectivity index (χ0n) is 6.92. The van der Waals surface area contributed by atoms with E-state index in [-0.39, 0.29) is 5.02 Å². The van der Waals surface area contributed by atoms with E-state index in [1.54, 1.807) is 0 Å². The van der Waals surface area contributed by atoms with Crippen molar-refractivity contribution in [3.05, 3.63) is 33.3 Å². The Hall–Kier alpha value is -1.50. The van der Waals surface area contributed by atoms with E-state index in [0.717, 1.165) is 18.2 Å². The number of halogens is 4. The fourth-order valence-corrected chi connectivity index (χ4v) is 1.01. The second-order valence-corrected chi connectivity index (χ2v) is 2.85. The van der Waals surface area contributed by atoms with Crippen LogP contribution in [-0.4, -0.2) is 11.3 Å². The van der Waals surface area contributed by atoms with Gasteiger partial charge in [-0.25, -0.2) is 0 Å². The van der Waals surface area contributed by atoms with Crippen LogP contribution in [0.5, 0.6) is 5.75 Å². The van der Waals surface area contributed by atoms with E-state index >= 15 is 0 Å². The van der Waals surface area contributed by atoms with E-state index < -0.39 is 22.7 Å². The molecule has 0 amide bonds. The van der Waals surface area contributed by atoms with Crippen molar-refractivity contribution < 1.29 is 22.8 Å². The van der Waals surface area contributed by atoms with Crippen LogP contribution in [0.3, 0.4) is 0 Å². The summed E-state index contributed by atoms with van der Waals surface area (Å²) in [6.45, 7) is 0. The number of rotatable bonds is 2. The van der Waals surface area contributed by atoms with Gasteiger partial charge in [-0.2, -0.15) is 0 Å². The maximum Gasteiger partial charge on any atom is 0.573 e. The van der Waals surface area contributed by atoms with Crippen LogP contribution in [0, 0.1) is 10.1 Å². The maximum atomic E-state index is 11.8. The highest BCUT2D eigenvalue weighted by molar-refractivity contribution is 6.30. The van der Waals surface area contributed by atoms with Gasteiger partial charge in [-0.15, -0.1) is 13.2 Å². The van der Waals surface area contributed by atoms with E-state index in [1.165, 1.54) is 0 Å². The molecule has 0 unspecified atom stereocenters. The Labute approximate surface area is 86.4 Å². The largest absolute Gasteiger partial charge is 0.573 e. The minimum Gasteiger partial charge on any atom is -0.398 e. The standard InChI is InChI=1S/C7H3ClF3NO3/c8-4-1-2-6(15-7(9,10)11)5(3-4)12(13)14/h1-3H. The van der Waals surface area contributed by atoms with Crippen LogP contribution < -0.4 is 4.74 Å². The minimum atomic E-state index is -4.97. The van der Waals surface area contributed by atoms with Crippen LogP contribution in [0.25, 0.3) is 0 Å². The van der Waals surface area contributed by atoms with Crippen molar-refractivity contribution >= 4 is 17.3 Å². The number of nitro benzene ring substituents is 1. The van der Waals surface area contributed by atoms with Crippen molar-refractivity contribution in [2.75, 3.05) is 0 Å². The highest BCUT2D eigenvalue weighted by Crippen LogP contribution is 2.33. The lowest BCUT2D eigenvalue weighted by Crippen LogP contribution is -2.17. The smallest absolute Gasteiger partial charge is 0.398 e. The molecule has 1 aromatic carbocycles. The summed E-state index contributed by atoms with van der Waals surface area (Å²) in [6.07, 6.45) is -4.97. The van der Waals surface area contributed by atoms with Crippen LogP contribution >= 0.6 is 11.6 Å². The molecule has 15 heavy (non-hydrogen) atoms. The summed E-state index contributed by atoms with van der Waals surface area (Å²) in [4.78, 5) is 9.35. The SMILES string of the molecule is O=[N+]([O-])c1cc(Cl)ccc1OC(F)(F)F. The first-order chi connectivity index (χ1) is 6.79. The van der Waals surface area contributed by atoms with Crippen LogP contribution in [-0.2, 0) is 0 Å². The molecule has 0 radical (unpaired) electrons. The Morgan fingerprint density at radius 1 is 1.40 bits per heavy atom. The van der Waals surface area contributed by atoms with Crippen molar-refractivity contribution in [3.63, 3.8) is 0 Å². The molecule has 1 aromatic rings. The molecule has 0 aliphatic rings. The molecule has 0 spiro atoms. The Balaban J connectivity index is 3.12. The summed E-state index contributed by atoms with van der Waals surface area (Å²) in [6, 6.07) is 2.63. The second kappa shape index (κ2) is 3.93. The molecule has 0 fully saturated rings. The third-order valence-corrected chi connectivity index (χ3v) is 1.58. The zero-order chi connectivity index (χ0) is 11.6. The lowest BCUT2D eigenvalue weighted by Gasteiger charge is -2.08. The fraction of sp³-hybridized carbons (Fsp3) is 0.143. The molecule has 0 N–H and O–H groups in total. The molecular formula is C7H3ClF3NO3. The molecule has 82 valence electrons. The molecular weight excluding hydrogens is 239 g/mol. The lowest BCUT2D eigenvalue weighted by atomic mass is 10.3. The number of nitrogens with zero attached hydrogens (tertiary/aromatic N) is 1. The summed E-state index contributed by atoms with van der Waals surface area (Å²) < 4.78 is 38.9. The molecule has 0 aliphatic carbocycles. The normalized spacial score (nSPS) is 11.2. The van der Waals surface area contributed by atoms with Gasteiger partial charge in [0.2, 0.25) is 5.75 Å². The van der Waals surface area contributed by atoms with E-state index in [2.05, 4.69) is 4.74 Å². The molecule has 0 atom stereocenters. The zero-order valence-corrected chi connectivity index (χ0v) is 7.67. The highest BCUT2D eigenvalue weighted by atomic mass is 35.5. The van der Waals surface area contributed by atoms with Gasteiger partial charge in [-0.3, -0.25) is 10.1 Å². The Morgan fingerprint density at radius 3 is 2.47 bits per heavy atom. The minimum absolute atomic E-state index is 0.0452. The van der Waals surface area contributed by atoms with Gasteiger partial charge in [0.1, 0.15) is 0 Å². The van der Waals surface area contributed by atoms with E-state index in [0.29, 0.717) is 0 Å². The van der Waals surface area contributed by atoms with Crippen LogP contribution in [0.4, 0.5) is 18.9 Å². The monoisotopic (exact) mass is 241 g/mol. The summed E-state index contributed by atoms with van der Waals surface area (Å²) in [5.74, 6) is -0.892. The van der Waals surface area contributed by atoms with Crippen molar-refractivity contribution in [3.8, 4) is 5.75 Å².